The number of carboxylic acids is 1. The Balaban J connectivity index is 2.75. The van der Waals surface area contributed by atoms with Crippen LogP contribution in [0.5, 0.6) is 0 Å². The Morgan fingerprint density at radius 3 is 2.53 bits per heavy atom. The summed E-state index contributed by atoms with van der Waals surface area (Å²) in [4.78, 5) is 10.9. The fourth-order valence-electron chi connectivity index (χ4n) is 1.71. The SMILES string of the molecule is COC(OC)c1cc2c(C(=O)O)noc2c(F)c1F. The summed E-state index contributed by atoms with van der Waals surface area (Å²) in [5.74, 6) is -4.00. The molecule has 102 valence electrons. The van der Waals surface area contributed by atoms with Gasteiger partial charge in [-0.2, -0.15) is 4.39 Å². The van der Waals surface area contributed by atoms with Crippen molar-refractivity contribution in [3.63, 3.8) is 0 Å². The van der Waals surface area contributed by atoms with Crippen molar-refractivity contribution in [1.82, 2.24) is 5.16 Å². The highest BCUT2D eigenvalue weighted by Crippen LogP contribution is 2.30. The summed E-state index contributed by atoms with van der Waals surface area (Å²) in [5, 5.41) is 11.9. The number of fused-ring (bicyclic) bond motifs is 1. The fraction of sp³-hybridized carbons (Fsp3) is 0.273. The third-order valence-electron chi connectivity index (χ3n) is 2.56. The molecular formula is C11H9F2NO5. The van der Waals surface area contributed by atoms with Crippen LogP contribution in [-0.4, -0.2) is 30.5 Å². The van der Waals surface area contributed by atoms with E-state index in [1.54, 1.807) is 0 Å². The summed E-state index contributed by atoms with van der Waals surface area (Å²) in [6.07, 6.45) is -1.17. The predicted molar refractivity (Wildman–Crippen MR) is 57.6 cm³/mol. The fourth-order valence-corrected chi connectivity index (χ4v) is 1.71. The molecule has 0 amide bonds. The minimum atomic E-state index is -1.41. The first-order valence-corrected chi connectivity index (χ1v) is 5.07. The van der Waals surface area contributed by atoms with E-state index in [4.69, 9.17) is 14.6 Å². The highest BCUT2D eigenvalue weighted by Gasteiger charge is 2.26. The standard InChI is InChI=1S/C11H9F2NO5/c1-17-11(18-2)4-3-5-8(10(15)16)14-19-9(5)7(13)6(4)12/h3,11H,1-2H3,(H,15,16). The average Bonchev–Trinajstić information content (AvgIpc) is 2.80. The van der Waals surface area contributed by atoms with E-state index in [9.17, 15) is 13.6 Å². The van der Waals surface area contributed by atoms with Crippen molar-refractivity contribution in [2.75, 3.05) is 14.2 Å². The van der Waals surface area contributed by atoms with Gasteiger partial charge in [0.2, 0.25) is 11.4 Å². The van der Waals surface area contributed by atoms with Gasteiger partial charge in [0, 0.05) is 19.8 Å². The monoisotopic (exact) mass is 273 g/mol. The summed E-state index contributed by atoms with van der Waals surface area (Å²) in [7, 11) is 2.48. The van der Waals surface area contributed by atoms with Gasteiger partial charge in [-0.25, -0.2) is 9.18 Å². The zero-order valence-corrected chi connectivity index (χ0v) is 9.94. The molecule has 0 fully saturated rings. The van der Waals surface area contributed by atoms with Gasteiger partial charge in [0.1, 0.15) is 0 Å². The Labute approximate surface area is 105 Å². The van der Waals surface area contributed by atoms with Gasteiger partial charge in [0.15, 0.2) is 17.8 Å². The van der Waals surface area contributed by atoms with Crippen molar-refractivity contribution < 1.29 is 32.7 Å². The molecule has 1 aromatic carbocycles. The molecule has 8 heteroatoms. The second-order valence-electron chi connectivity index (χ2n) is 3.61. The molecule has 0 aliphatic heterocycles. The highest BCUT2D eigenvalue weighted by atomic mass is 19.2. The number of halogens is 2. The molecule has 1 heterocycles. The Morgan fingerprint density at radius 1 is 1.37 bits per heavy atom. The summed E-state index contributed by atoms with van der Waals surface area (Å²) in [6, 6.07) is 1.07. The molecule has 0 spiro atoms. The van der Waals surface area contributed by atoms with Crippen LogP contribution in [0, 0.1) is 11.6 Å². The lowest BCUT2D eigenvalue weighted by Crippen LogP contribution is -2.08. The predicted octanol–water partition coefficient (Wildman–Crippen LogP) is 2.10. The van der Waals surface area contributed by atoms with E-state index in [-0.39, 0.29) is 10.9 Å². The minimum absolute atomic E-state index is 0.166. The average molecular weight is 273 g/mol. The molecule has 2 aromatic rings. The summed E-state index contributed by atoms with van der Waals surface area (Å²) >= 11 is 0. The van der Waals surface area contributed by atoms with Crippen LogP contribution in [0.1, 0.15) is 22.3 Å². The van der Waals surface area contributed by atoms with Crippen LogP contribution in [0.15, 0.2) is 10.6 Å². The van der Waals surface area contributed by atoms with Crippen molar-refractivity contribution in [3.8, 4) is 0 Å². The Bertz CT molecular complexity index is 636. The van der Waals surface area contributed by atoms with E-state index in [0.29, 0.717) is 0 Å². The molecule has 1 aromatic heterocycles. The number of aromatic nitrogens is 1. The number of carboxylic acid groups (broad SMARTS) is 1. The van der Waals surface area contributed by atoms with E-state index < -0.39 is 35.2 Å². The number of methoxy groups -OCH3 is 2. The number of carbonyl (C=O) groups is 1. The van der Waals surface area contributed by atoms with Gasteiger partial charge >= 0.3 is 5.97 Å². The Morgan fingerprint density at radius 2 is 2.00 bits per heavy atom. The Kier molecular flexibility index (Phi) is 3.45. The first-order chi connectivity index (χ1) is 9.01. The van der Waals surface area contributed by atoms with Crippen molar-refractivity contribution in [3.05, 3.63) is 29.0 Å². The van der Waals surface area contributed by atoms with Crippen molar-refractivity contribution >= 4 is 16.9 Å². The Hall–Kier alpha value is -2.06. The lowest BCUT2D eigenvalue weighted by molar-refractivity contribution is -0.108. The number of hydrogen-bond donors (Lipinski definition) is 1. The van der Waals surface area contributed by atoms with Gasteiger partial charge in [0.05, 0.1) is 5.39 Å². The van der Waals surface area contributed by atoms with Crippen LogP contribution in [-0.2, 0) is 9.47 Å². The third-order valence-corrected chi connectivity index (χ3v) is 2.56. The van der Waals surface area contributed by atoms with Gasteiger partial charge in [0.25, 0.3) is 0 Å². The molecule has 19 heavy (non-hydrogen) atoms. The van der Waals surface area contributed by atoms with E-state index >= 15 is 0 Å². The normalized spacial score (nSPS) is 11.4. The van der Waals surface area contributed by atoms with Crippen LogP contribution in [0.2, 0.25) is 0 Å². The van der Waals surface area contributed by atoms with Crippen LogP contribution < -0.4 is 0 Å². The van der Waals surface area contributed by atoms with Crippen LogP contribution in [0.3, 0.4) is 0 Å². The number of hydrogen-bond acceptors (Lipinski definition) is 5. The summed E-state index contributed by atoms with van der Waals surface area (Å²) in [6.45, 7) is 0. The number of rotatable bonds is 4. The number of nitrogens with zero attached hydrogens (tertiary/aromatic N) is 1. The van der Waals surface area contributed by atoms with Crippen LogP contribution >= 0.6 is 0 Å². The molecule has 0 saturated heterocycles. The van der Waals surface area contributed by atoms with Crippen LogP contribution in [0.25, 0.3) is 11.0 Å². The second kappa shape index (κ2) is 4.90. The van der Waals surface area contributed by atoms with E-state index in [1.807, 2.05) is 0 Å². The maximum Gasteiger partial charge on any atom is 0.358 e. The first-order valence-electron chi connectivity index (χ1n) is 5.07. The summed E-state index contributed by atoms with van der Waals surface area (Å²) < 4.78 is 41.7. The maximum atomic E-state index is 13.8. The molecule has 2 rings (SSSR count). The zero-order chi connectivity index (χ0) is 14.2. The molecule has 0 saturated carbocycles. The molecular weight excluding hydrogens is 264 g/mol. The van der Waals surface area contributed by atoms with Gasteiger partial charge in [-0.05, 0) is 6.07 Å². The van der Waals surface area contributed by atoms with E-state index in [1.165, 1.54) is 14.2 Å². The van der Waals surface area contributed by atoms with Crippen LogP contribution in [0.4, 0.5) is 8.78 Å². The minimum Gasteiger partial charge on any atom is -0.476 e. The number of aromatic carboxylic acids is 1. The zero-order valence-electron chi connectivity index (χ0n) is 9.94. The highest BCUT2D eigenvalue weighted by molar-refractivity contribution is 6.00. The van der Waals surface area contributed by atoms with Gasteiger partial charge in [-0.15, -0.1) is 0 Å². The van der Waals surface area contributed by atoms with E-state index in [0.717, 1.165) is 6.07 Å². The first kappa shape index (κ1) is 13.4. The lowest BCUT2D eigenvalue weighted by atomic mass is 10.1. The molecule has 0 atom stereocenters. The summed E-state index contributed by atoms with van der Waals surface area (Å²) in [5.41, 5.74) is -1.36. The van der Waals surface area contributed by atoms with Gasteiger partial charge in [-0.1, -0.05) is 5.16 Å². The number of ether oxygens (including phenoxy) is 2. The molecule has 0 aliphatic carbocycles. The molecule has 0 radical (unpaired) electrons. The molecule has 0 aliphatic rings. The second-order valence-corrected chi connectivity index (χ2v) is 3.61. The molecule has 6 nitrogen and oxygen atoms in total. The van der Waals surface area contributed by atoms with Crippen molar-refractivity contribution in [2.24, 2.45) is 0 Å². The molecule has 1 N–H and O–H groups in total. The third kappa shape index (κ3) is 2.04. The van der Waals surface area contributed by atoms with Crippen molar-refractivity contribution in [1.29, 1.82) is 0 Å². The van der Waals surface area contributed by atoms with Gasteiger partial charge in [-0.3, -0.25) is 0 Å². The lowest BCUT2D eigenvalue weighted by Gasteiger charge is -2.14. The largest absolute Gasteiger partial charge is 0.476 e. The quantitative estimate of drug-likeness (QED) is 0.859. The number of benzene rings is 1. The smallest absolute Gasteiger partial charge is 0.358 e. The molecule has 0 unspecified atom stereocenters. The van der Waals surface area contributed by atoms with Gasteiger partial charge < -0.3 is 19.1 Å². The maximum absolute atomic E-state index is 13.8. The topological polar surface area (TPSA) is 81.8 Å². The molecule has 0 bridgehead atoms. The van der Waals surface area contributed by atoms with E-state index in [2.05, 4.69) is 9.68 Å². The van der Waals surface area contributed by atoms with Crippen molar-refractivity contribution in [2.45, 2.75) is 6.29 Å².